The number of rotatable bonds is 4. The summed E-state index contributed by atoms with van der Waals surface area (Å²) in [5.74, 6) is 0.624. The summed E-state index contributed by atoms with van der Waals surface area (Å²) in [6, 6.07) is 0. The van der Waals surface area contributed by atoms with Crippen LogP contribution in [0.25, 0.3) is 0 Å². The summed E-state index contributed by atoms with van der Waals surface area (Å²) < 4.78 is 0. The standard InChI is InChI=1S/C9H13N3OS.ClH/c10-3-8-12-7(5-14-8)9(13)11-4-6-1-2-6;/h5-6H,1-4,10H2,(H,11,13);1H. The van der Waals surface area contributed by atoms with Crippen LogP contribution in [-0.2, 0) is 6.54 Å². The van der Waals surface area contributed by atoms with Crippen molar-refractivity contribution in [2.75, 3.05) is 6.54 Å². The van der Waals surface area contributed by atoms with Gasteiger partial charge in [0, 0.05) is 18.5 Å². The van der Waals surface area contributed by atoms with Crippen LogP contribution in [-0.4, -0.2) is 17.4 Å². The van der Waals surface area contributed by atoms with Gasteiger partial charge in [0.05, 0.1) is 0 Å². The summed E-state index contributed by atoms with van der Waals surface area (Å²) in [6.07, 6.45) is 2.48. The number of nitrogens with one attached hydrogen (secondary N) is 1. The monoisotopic (exact) mass is 247 g/mol. The highest BCUT2D eigenvalue weighted by Crippen LogP contribution is 2.27. The summed E-state index contributed by atoms with van der Waals surface area (Å²) >= 11 is 1.43. The molecule has 84 valence electrons. The van der Waals surface area contributed by atoms with E-state index in [2.05, 4.69) is 10.3 Å². The van der Waals surface area contributed by atoms with Gasteiger partial charge in [-0.25, -0.2) is 4.98 Å². The molecule has 1 aliphatic carbocycles. The average Bonchev–Trinajstić information content (AvgIpc) is 2.90. The van der Waals surface area contributed by atoms with Crippen molar-refractivity contribution in [2.24, 2.45) is 11.7 Å². The van der Waals surface area contributed by atoms with Gasteiger partial charge >= 0.3 is 0 Å². The van der Waals surface area contributed by atoms with Crippen LogP contribution in [0.2, 0.25) is 0 Å². The molecule has 15 heavy (non-hydrogen) atoms. The van der Waals surface area contributed by atoms with Crippen molar-refractivity contribution in [3.8, 4) is 0 Å². The van der Waals surface area contributed by atoms with Crippen LogP contribution in [0.15, 0.2) is 5.38 Å². The highest BCUT2D eigenvalue weighted by atomic mass is 35.5. The number of thiazole rings is 1. The molecule has 0 atom stereocenters. The number of amides is 1. The van der Waals surface area contributed by atoms with Crippen LogP contribution in [0, 0.1) is 5.92 Å². The Morgan fingerprint density at radius 1 is 1.67 bits per heavy atom. The number of hydrogen-bond donors (Lipinski definition) is 2. The predicted molar refractivity (Wildman–Crippen MR) is 62.3 cm³/mol. The number of carbonyl (C=O) groups excluding carboxylic acids is 1. The molecule has 4 nitrogen and oxygen atoms in total. The quantitative estimate of drug-likeness (QED) is 0.839. The number of halogens is 1. The van der Waals surface area contributed by atoms with Crippen LogP contribution >= 0.6 is 23.7 Å². The van der Waals surface area contributed by atoms with Gasteiger partial charge in [-0.15, -0.1) is 23.7 Å². The average molecular weight is 248 g/mol. The maximum Gasteiger partial charge on any atom is 0.270 e. The number of aromatic nitrogens is 1. The van der Waals surface area contributed by atoms with E-state index in [1.807, 2.05) is 0 Å². The molecule has 1 fully saturated rings. The molecule has 1 aromatic heterocycles. The summed E-state index contributed by atoms with van der Waals surface area (Å²) in [7, 11) is 0. The third-order valence-corrected chi connectivity index (χ3v) is 3.08. The Morgan fingerprint density at radius 2 is 2.40 bits per heavy atom. The lowest BCUT2D eigenvalue weighted by Gasteiger charge is -1.99. The normalized spacial score (nSPS) is 14.5. The van der Waals surface area contributed by atoms with Crippen LogP contribution in [0.1, 0.15) is 28.3 Å². The fourth-order valence-electron chi connectivity index (χ4n) is 1.16. The van der Waals surface area contributed by atoms with Gasteiger partial charge in [0.25, 0.3) is 5.91 Å². The van der Waals surface area contributed by atoms with E-state index in [4.69, 9.17) is 5.73 Å². The summed E-state index contributed by atoms with van der Waals surface area (Å²) in [6.45, 7) is 1.19. The molecular weight excluding hydrogens is 234 g/mol. The molecule has 0 saturated heterocycles. The zero-order valence-corrected chi connectivity index (χ0v) is 9.87. The first-order valence-corrected chi connectivity index (χ1v) is 5.60. The molecule has 6 heteroatoms. The van der Waals surface area contributed by atoms with E-state index in [0.717, 1.165) is 11.6 Å². The minimum atomic E-state index is -0.0761. The first-order chi connectivity index (χ1) is 6.79. The van der Waals surface area contributed by atoms with Crippen molar-refractivity contribution in [2.45, 2.75) is 19.4 Å². The SMILES string of the molecule is Cl.NCc1nc(C(=O)NCC2CC2)cs1. The molecule has 1 heterocycles. The predicted octanol–water partition coefficient (Wildman–Crippen LogP) is 1.16. The lowest BCUT2D eigenvalue weighted by atomic mass is 10.4. The van der Waals surface area contributed by atoms with Crippen molar-refractivity contribution in [3.63, 3.8) is 0 Å². The summed E-state index contributed by atoms with van der Waals surface area (Å²) in [5, 5.41) is 5.42. The van der Waals surface area contributed by atoms with Gasteiger partial charge in [-0.05, 0) is 18.8 Å². The van der Waals surface area contributed by atoms with Crippen molar-refractivity contribution in [1.29, 1.82) is 0 Å². The molecule has 2 rings (SSSR count). The number of hydrogen-bond acceptors (Lipinski definition) is 4. The molecule has 0 aliphatic heterocycles. The van der Waals surface area contributed by atoms with E-state index in [-0.39, 0.29) is 18.3 Å². The van der Waals surface area contributed by atoms with E-state index in [1.54, 1.807) is 5.38 Å². The van der Waals surface area contributed by atoms with Crippen molar-refractivity contribution >= 4 is 29.7 Å². The number of nitrogens with two attached hydrogens (primary N) is 1. The van der Waals surface area contributed by atoms with Gasteiger partial charge in [0.1, 0.15) is 10.7 Å². The Labute approximate surface area is 98.7 Å². The van der Waals surface area contributed by atoms with Gasteiger partial charge in [0.2, 0.25) is 0 Å². The van der Waals surface area contributed by atoms with Gasteiger partial charge < -0.3 is 11.1 Å². The third-order valence-electron chi connectivity index (χ3n) is 2.21. The second-order valence-corrected chi connectivity index (χ2v) is 4.43. The first kappa shape index (κ1) is 12.4. The smallest absolute Gasteiger partial charge is 0.270 e. The van der Waals surface area contributed by atoms with Crippen molar-refractivity contribution < 1.29 is 4.79 Å². The molecule has 0 aromatic carbocycles. The first-order valence-electron chi connectivity index (χ1n) is 4.72. The molecule has 0 bridgehead atoms. The summed E-state index contributed by atoms with van der Waals surface area (Å²) in [5.41, 5.74) is 5.91. The van der Waals surface area contributed by atoms with Crippen molar-refractivity contribution in [1.82, 2.24) is 10.3 Å². The van der Waals surface area contributed by atoms with Gasteiger partial charge in [-0.2, -0.15) is 0 Å². The molecule has 0 unspecified atom stereocenters. The lowest BCUT2D eigenvalue weighted by Crippen LogP contribution is -2.25. The van der Waals surface area contributed by atoms with E-state index < -0.39 is 0 Å². The van der Waals surface area contributed by atoms with Gasteiger partial charge in [0.15, 0.2) is 0 Å². The topological polar surface area (TPSA) is 68.0 Å². The minimum absolute atomic E-state index is 0. The second-order valence-electron chi connectivity index (χ2n) is 3.48. The largest absolute Gasteiger partial charge is 0.350 e. The Kier molecular flexibility index (Phi) is 4.50. The van der Waals surface area contributed by atoms with Crippen LogP contribution in [0.3, 0.4) is 0 Å². The van der Waals surface area contributed by atoms with E-state index in [9.17, 15) is 4.79 Å². The Balaban J connectivity index is 0.00000112. The van der Waals surface area contributed by atoms with Gasteiger partial charge in [-0.1, -0.05) is 0 Å². The molecule has 3 N–H and O–H groups in total. The fraction of sp³-hybridized carbons (Fsp3) is 0.556. The summed E-state index contributed by atoms with van der Waals surface area (Å²) in [4.78, 5) is 15.6. The number of nitrogens with zero attached hydrogens (tertiary/aromatic N) is 1. The molecule has 1 saturated carbocycles. The minimum Gasteiger partial charge on any atom is -0.350 e. The van der Waals surface area contributed by atoms with Crippen molar-refractivity contribution in [3.05, 3.63) is 16.1 Å². The highest BCUT2D eigenvalue weighted by Gasteiger charge is 2.22. The molecule has 1 aromatic rings. The Morgan fingerprint density at radius 3 is 2.93 bits per heavy atom. The maximum atomic E-state index is 11.5. The molecule has 1 aliphatic rings. The highest BCUT2D eigenvalue weighted by molar-refractivity contribution is 7.09. The Bertz CT molecular complexity index is 338. The molecule has 0 radical (unpaired) electrons. The Hall–Kier alpha value is -0.650. The second kappa shape index (κ2) is 5.44. The molecule has 1 amide bonds. The zero-order valence-electron chi connectivity index (χ0n) is 8.23. The number of carbonyl (C=O) groups is 1. The molecule has 0 spiro atoms. The van der Waals surface area contributed by atoms with E-state index >= 15 is 0 Å². The van der Waals surface area contributed by atoms with Crippen LogP contribution in [0.5, 0.6) is 0 Å². The van der Waals surface area contributed by atoms with E-state index in [1.165, 1.54) is 24.2 Å². The molecular formula is C9H14ClN3OS. The fourth-order valence-corrected chi connectivity index (χ4v) is 1.81. The van der Waals surface area contributed by atoms with Crippen LogP contribution < -0.4 is 11.1 Å². The van der Waals surface area contributed by atoms with Gasteiger partial charge in [-0.3, -0.25) is 4.79 Å². The third kappa shape index (κ3) is 3.44. The van der Waals surface area contributed by atoms with E-state index in [0.29, 0.717) is 18.2 Å². The zero-order chi connectivity index (χ0) is 9.97. The maximum absolute atomic E-state index is 11.5. The van der Waals surface area contributed by atoms with Crippen LogP contribution in [0.4, 0.5) is 0 Å². The lowest BCUT2D eigenvalue weighted by molar-refractivity contribution is 0.0947.